The zero-order valence-corrected chi connectivity index (χ0v) is 19.8. The first-order valence-electron chi connectivity index (χ1n) is 12.1. The molecule has 2 N–H and O–H groups in total. The van der Waals surface area contributed by atoms with E-state index in [4.69, 9.17) is 9.47 Å². The van der Waals surface area contributed by atoms with E-state index in [9.17, 15) is 4.79 Å². The molecule has 2 aliphatic rings. The van der Waals surface area contributed by atoms with E-state index in [2.05, 4.69) is 10.6 Å². The van der Waals surface area contributed by atoms with E-state index in [1.54, 1.807) is 0 Å². The third kappa shape index (κ3) is 3.44. The third-order valence-electron chi connectivity index (χ3n) is 6.84. The molecule has 0 radical (unpaired) electrons. The topological polar surface area (TPSA) is 59.6 Å². The van der Waals surface area contributed by atoms with Crippen molar-refractivity contribution in [3.63, 3.8) is 0 Å². The van der Waals surface area contributed by atoms with Crippen molar-refractivity contribution in [2.45, 2.75) is 5.60 Å². The standard InChI is InChI=1S/C32H22N2O3/c35-31-25-13-7-8-14-26(25)32(37-31)27-17-15-23(33-21-9-3-1-4-10-21)19-29(27)36-30-20-24(16-18-28(30)32)34-22-11-5-2-6-12-22/h1-20,33-34H. The predicted molar refractivity (Wildman–Crippen MR) is 144 cm³/mol. The molecule has 0 bridgehead atoms. The molecule has 0 unspecified atom stereocenters. The Morgan fingerprint density at radius 2 is 1.03 bits per heavy atom. The molecule has 5 aromatic rings. The summed E-state index contributed by atoms with van der Waals surface area (Å²) in [5.41, 5.74) is 5.58. The summed E-state index contributed by atoms with van der Waals surface area (Å²) >= 11 is 0. The zero-order chi connectivity index (χ0) is 24.8. The summed E-state index contributed by atoms with van der Waals surface area (Å²) in [5, 5.41) is 6.86. The Bertz CT molecular complexity index is 1560. The van der Waals surface area contributed by atoms with Crippen LogP contribution in [0.4, 0.5) is 22.7 Å². The molecule has 7 rings (SSSR count). The molecule has 0 fully saturated rings. The van der Waals surface area contributed by atoms with Gasteiger partial charge in [0.2, 0.25) is 0 Å². The van der Waals surface area contributed by atoms with Gasteiger partial charge in [-0.15, -0.1) is 0 Å². The first-order chi connectivity index (χ1) is 18.2. The molecule has 5 heteroatoms. The number of para-hydroxylation sites is 2. The Hall–Kier alpha value is -5.03. The van der Waals surface area contributed by atoms with E-state index in [0.29, 0.717) is 17.1 Å². The second-order valence-corrected chi connectivity index (χ2v) is 9.12. The van der Waals surface area contributed by atoms with Gasteiger partial charge in [-0.25, -0.2) is 4.79 Å². The van der Waals surface area contributed by atoms with Crippen LogP contribution in [0.2, 0.25) is 0 Å². The highest BCUT2D eigenvalue weighted by atomic mass is 16.6. The van der Waals surface area contributed by atoms with Gasteiger partial charge in [-0.05, 0) is 54.6 Å². The maximum Gasteiger partial charge on any atom is 0.340 e. The summed E-state index contributed by atoms with van der Waals surface area (Å²) in [7, 11) is 0. The minimum absolute atomic E-state index is 0.340. The monoisotopic (exact) mass is 482 g/mol. The van der Waals surface area contributed by atoms with Crippen molar-refractivity contribution in [2.75, 3.05) is 10.6 Å². The number of esters is 1. The average Bonchev–Trinajstić information content (AvgIpc) is 3.22. The normalized spacial score (nSPS) is 14.1. The summed E-state index contributed by atoms with van der Waals surface area (Å²) in [6.07, 6.45) is 0. The van der Waals surface area contributed by atoms with Crippen molar-refractivity contribution in [1.82, 2.24) is 0 Å². The second kappa shape index (κ2) is 8.28. The number of carbonyl (C=O) groups is 1. The van der Waals surface area contributed by atoms with Crippen molar-refractivity contribution < 1.29 is 14.3 Å². The highest BCUT2D eigenvalue weighted by Crippen LogP contribution is 2.56. The van der Waals surface area contributed by atoms with Crippen LogP contribution in [0.5, 0.6) is 11.5 Å². The van der Waals surface area contributed by atoms with Gasteiger partial charge in [-0.2, -0.15) is 0 Å². The summed E-state index contributed by atoms with van der Waals surface area (Å²) in [6.45, 7) is 0. The molecular formula is C32H22N2O3. The molecule has 0 amide bonds. The van der Waals surface area contributed by atoms with E-state index in [0.717, 1.165) is 39.4 Å². The molecule has 0 atom stereocenters. The predicted octanol–water partition coefficient (Wildman–Crippen LogP) is 7.74. The first kappa shape index (κ1) is 21.3. The molecule has 178 valence electrons. The summed E-state index contributed by atoms with van der Waals surface area (Å²) in [6, 6.07) is 39.4. The summed E-state index contributed by atoms with van der Waals surface area (Å²) in [4.78, 5) is 13.1. The van der Waals surface area contributed by atoms with Gasteiger partial charge in [0.25, 0.3) is 0 Å². The average molecular weight is 483 g/mol. The Morgan fingerprint density at radius 1 is 0.514 bits per heavy atom. The number of anilines is 4. The van der Waals surface area contributed by atoms with Crippen molar-refractivity contribution in [3.8, 4) is 11.5 Å². The largest absolute Gasteiger partial charge is 0.456 e. The lowest BCUT2D eigenvalue weighted by Gasteiger charge is -2.37. The minimum Gasteiger partial charge on any atom is -0.456 e. The van der Waals surface area contributed by atoms with Crippen molar-refractivity contribution in [3.05, 3.63) is 144 Å². The molecule has 37 heavy (non-hydrogen) atoms. The van der Waals surface area contributed by atoms with Gasteiger partial charge in [-0.1, -0.05) is 54.6 Å². The molecule has 0 aromatic heterocycles. The number of benzene rings is 5. The Balaban J connectivity index is 1.38. The quantitative estimate of drug-likeness (QED) is 0.257. The van der Waals surface area contributed by atoms with Crippen LogP contribution < -0.4 is 15.4 Å². The van der Waals surface area contributed by atoms with E-state index in [1.807, 2.05) is 121 Å². The van der Waals surface area contributed by atoms with Crippen LogP contribution >= 0.6 is 0 Å². The number of fused-ring (bicyclic) bond motifs is 6. The zero-order valence-electron chi connectivity index (χ0n) is 19.8. The molecule has 5 aromatic carbocycles. The van der Waals surface area contributed by atoms with Crippen LogP contribution in [0.1, 0.15) is 27.0 Å². The smallest absolute Gasteiger partial charge is 0.340 e. The van der Waals surface area contributed by atoms with Gasteiger partial charge in [0.1, 0.15) is 11.5 Å². The van der Waals surface area contributed by atoms with E-state index >= 15 is 0 Å². The molecule has 0 aliphatic carbocycles. The van der Waals surface area contributed by atoms with E-state index in [1.165, 1.54) is 0 Å². The highest BCUT2D eigenvalue weighted by molar-refractivity contribution is 5.97. The Morgan fingerprint density at radius 3 is 1.59 bits per heavy atom. The highest BCUT2D eigenvalue weighted by Gasteiger charge is 2.53. The van der Waals surface area contributed by atoms with Crippen LogP contribution in [0.25, 0.3) is 0 Å². The molecule has 2 heterocycles. The van der Waals surface area contributed by atoms with Crippen molar-refractivity contribution in [1.29, 1.82) is 0 Å². The van der Waals surface area contributed by atoms with E-state index < -0.39 is 5.60 Å². The lowest BCUT2D eigenvalue weighted by molar-refractivity contribution is 0.0224. The van der Waals surface area contributed by atoms with Gasteiger partial charge in [0.05, 0.1) is 5.56 Å². The van der Waals surface area contributed by atoms with Gasteiger partial charge in [-0.3, -0.25) is 0 Å². The number of rotatable bonds is 4. The summed E-state index contributed by atoms with van der Waals surface area (Å²) < 4.78 is 12.8. The van der Waals surface area contributed by atoms with Crippen molar-refractivity contribution in [2.24, 2.45) is 0 Å². The molecular weight excluding hydrogens is 460 g/mol. The minimum atomic E-state index is -1.09. The van der Waals surface area contributed by atoms with Crippen LogP contribution in [0.3, 0.4) is 0 Å². The van der Waals surface area contributed by atoms with Crippen LogP contribution in [-0.4, -0.2) is 5.97 Å². The lowest BCUT2D eigenvalue weighted by Crippen LogP contribution is -2.33. The SMILES string of the molecule is O=C1OC2(c3ccc(Nc4ccccc4)cc3Oc3cc(Nc4ccccc4)ccc32)c2ccccc21. The van der Waals surface area contributed by atoms with Crippen LogP contribution in [-0.2, 0) is 10.3 Å². The Labute approximate surface area is 214 Å². The maximum atomic E-state index is 13.1. The fraction of sp³-hybridized carbons (Fsp3) is 0.0312. The van der Waals surface area contributed by atoms with E-state index in [-0.39, 0.29) is 5.97 Å². The molecule has 5 nitrogen and oxygen atoms in total. The van der Waals surface area contributed by atoms with Gasteiger partial charge >= 0.3 is 5.97 Å². The summed E-state index contributed by atoms with van der Waals surface area (Å²) in [5.74, 6) is 0.928. The molecule has 2 aliphatic heterocycles. The first-order valence-corrected chi connectivity index (χ1v) is 12.1. The fourth-order valence-electron chi connectivity index (χ4n) is 5.21. The van der Waals surface area contributed by atoms with Crippen molar-refractivity contribution >= 4 is 28.7 Å². The second-order valence-electron chi connectivity index (χ2n) is 9.12. The fourth-order valence-corrected chi connectivity index (χ4v) is 5.21. The number of hydrogen-bond acceptors (Lipinski definition) is 5. The van der Waals surface area contributed by atoms with Crippen LogP contribution in [0.15, 0.2) is 121 Å². The molecule has 0 saturated heterocycles. The number of ether oxygens (including phenoxy) is 2. The number of carbonyl (C=O) groups excluding carboxylic acids is 1. The van der Waals surface area contributed by atoms with Gasteiger partial charge < -0.3 is 20.1 Å². The van der Waals surface area contributed by atoms with Crippen LogP contribution in [0, 0.1) is 0 Å². The number of nitrogens with one attached hydrogen (secondary N) is 2. The number of hydrogen-bond donors (Lipinski definition) is 2. The van der Waals surface area contributed by atoms with Gasteiger partial charge in [0.15, 0.2) is 5.60 Å². The third-order valence-corrected chi connectivity index (χ3v) is 6.84. The lowest BCUT2D eigenvalue weighted by atomic mass is 9.77. The maximum absolute atomic E-state index is 13.1. The molecule has 1 spiro atoms. The van der Waals surface area contributed by atoms with Gasteiger partial charge in [0, 0.05) is 51.6 Å². The molecule has 0 saturated carbocycles. The Kier molecular flexibility index (Phi) is 4.76.